The molecule has 20 heavy (non-hydrogen) atoms. The highest BCUT2D eigenvalue weighted by Crippen LogP contribution is 2.24. The van der Waals surface area contributed by atoms with Crippen LogP contribution in [0.4, 0.5) is 5.69 Å². The van der Waals surface area contributed by atoms with Gasteiger partial charge in [-0.25, -0.2) is 0 Å². The van der Waals surface area contributed by atoms with Crippen LogP contribution in [0.3, 0.4) is 0 Å². The number of amides is 2. The summed E-state index contributed by atoms with van der Waals surface area (Å²) in [4.78, 5) is 35.8. The van der Waals surface area contributed by atoms with Crippen molar-refractivity contribution in [1.29, 1.82) is 0 Å². The largest absolute Gasteiger partial charge is 0.480 e. The highest BCUT2D eigenvalue weighted by Gasteiger charge is 2.24. The van der Waals surface area contributed by atoms with Gasteiger partial charge in [0.15, 0.2) is 0 Å². The van der Waals surface area contributed by atoms with Crippen molar-refractivity contribution < 1.29 is 19.5 Å². The van der Waals surface area contributed by atoms with E-state index in [1.54, 1.807) is 32.0 Å². The molecule has 0 spiro atoms. The molecule has 0 fully saturated rings. The standard InChI is InChI=1S/C14H16N2O4/c1-8(2)16(7-13(18)19)14(20)9-3-4-11-10(5-9)6-12(17)15-11/h3-5,8H,6-7H2,1-2H3,(H,15,17)(H,18,19). The summed E-state index contributed by atoms with van der Waals surface area (Å²) in [6.45, 7) is 3.18. The third-order valence-electron chi connectivity index (χ3n) is 3.17. The molecule has 0 aromatic heterocycles. The third kappa shape index (κ3) is 2.79. The van der Waals surface area contributed by atoms with Gasteiger partial charge in [-0.1, -0.05) is 0 Å². The first kappa shape index (κ1) is 14.0. The van der Waals surface area contributed by atoms with Gasteiger partial charge in [-0.05, 0) is 37.6 Å². The smallest absolute Gasteiger partial charge is 0.323 e. The zero-order valence-corrected chi connectivity index (χ0v) is 11.3. The minimum atomic E-state index is -1.05. The van der Waals surface area contributed by atoms with Gasteiger partial charge >= 0.3 is 5.97 Å². The maximum absolute atomic E-state index is 12.4. The van der Waals surface area contributed by atoms with E-state index in [-0.39, 0.29) is 30.8 Å². The van der Waals surface area contributed by atoms with Gasteiger partial charge in [0.2, 0.25) is 5.91 Å². The van der Waals surface area contributed by atoms with E-state index in [2.05, 4.69) is 5.32 Å². The molecule has 6 nitrogen and oxygen atoms in total. The Bertz CT molecular complexity index is 581. The molecule has 1 aromatic carbocycles. The summed E-state index contributed by atoms with van der Waals surface area (Å²) in [6.07, 6.45) is 0.247. The number of carboxylic acids is 1. The summed E-state index contributed by atoms with van der Waals surface area (Å²) >= 11 is 0. The molecule has 0 unspecified atom stereocenters. The molecule has 106 valence electrons. The molecule has 1 heterocycles. The molecule has 0 bridgehead atoms. The van der Waals surface area contributed by atoms with Crippen LogP contribution in [0.1, 0.15) is 29.8 Å². The summed E-state index contributed by atoms with van der Waals surface area (Å²) in [5.41, 5.74) is 1.87. The van der Waals surface area contributed by atoms with Crippen LogP contribution in [-0.4, -0.2) is 40.4 Å². The number of anilines is 1. The highest BCUT2D eigenvalue weighted by molar-refractivity contribution is 6.02. The SMILES string of the molecule is CC(C)N(CC(=O)O)C(=O)c1ccc2c(c1)CC(=O)N2. The van der Waals surface area contributed by atoms with E-state index in [9.17, 15) is 14.4 Å². The number of nitrogens with one attached hydrogen (secondary N) is 1. The minimum absolute atomic E-state index is 0.101. The average Bonchev–Trinajstić information content (AvgIpc) is 2.73. The second-order valence-corrected chi connectivity index (χ2v) is 5.02. The van der Waals surface area contributed by atoms with Crippen LogP contribution in [0.15, 0.2) is 18.2 Å². The summed E-state index contributed by atoms with van der Waals surface area (Å²) in [7, 11) is 0. The lowest BCUT2D eigenvalue weighted by Crippen LogP contribution is -2.40. The highest BCUT2D eigenvalue weighted by atomic mass is 16.4. The zero-order chi connectivity index (χ0) is 14.9. The van der Waals surface area contributed by atoms with Gasteiger partial charge in [-0.2, -0.15) is 0 Å². The van der Waals surface area contributed by atoms with E-state index < -0.39 is 5.97 Å². The molecule has 2 rings (SSSR count). The molecule has 1 aliphatic rings. The zero-order valence-electron chi connectivity index (χ0n) is 11.3. The molecule has 0 atom stereocenters. The maximum atomic E-state index is 12.4. The van der Waals surface area contributed by atoms with Gasteiger partial charge in [-0.15, -0.1) is 0 Å². The quantitative estimate of drug-likeness (QED) is 0.862. The molecular formula is C14H16N2O4. The van der Waals surface area contributed by atoms with Crippen LogP contribution < -0.4 is 5.32 Å². The predicted molar refractivity (Wildman–Crippen MR) is 72.6 cm³/mol. The van der Waals surface area contributed by atoms with Gasteiger partial charge in [0.05, 0.1) is 6.42 Å². The van der Waals surface area contributed by atoms with E-state index in [4.69, 9.17) is 5.11 Å². The normalized spacial score (nSPS) is 13.1. The van der Waals surface area contributed by atoms with Crippen LogP contribution in [0.5, 0.6) is 0 Å². The van der Waals surface area contributed by atoms with Crippen LogP contribution in [0.25, 0.3) is 0 Å². The van der Waals surface area contributed by atoms with Crippen LogP contribution in [0.2, 0.25) is 0 Å². The molecule has 2 N–H and O–H groups in total. The number of rotatable bonds is 4. The molecule has 1 aliphatic heterocycles. The van der Waals surface area contributed by atoms with E-state index in [0.717, 1.165) is 5.56 Å². The Morgan fingerprint density at radius 3 is 2.70 bits per heavy atom. The second kappa shape index (κ2) is 5.32. The molecular weight excluding hydrogens is 260 g/mol. The van der Waals surface area contributed by atoms with Gasteiger partial charge < -0.3 is 15.3 Å². The molecule has 0 saturated carbocycles. The van der Waals surface area contributed by atoms with Gasteiger partial charge in [-0.3, -0.25) is 14.4 Å². The van der Waals surface area contributed by atoms with Crippen molar-refractivity contribution >= 4 is 23.5 Å². The topological polar surface area (TPSA) is 86.7 Å². The van der Waals surface area contributed by atoms with Crippen molar-refractivity contribution in [3.8, 4) is 0 Å². The lowest BCUT2D eigenvalue weighted by Gasteiger charge is -2.25. The fourth-order valence-corrected chi connectivity index (χ4v) is 2.16. The van der Waals surface area contributed by atoms with E-state index in [0.29, 0.717) is 11.3 Å². The number of aliphatic carboxylic acids is 1. The Balaban J connectivity index is 2.26. The Hall–Kier alpha value is -2.37. The summed E-state index contributed by atoms with van der Waals surface area (Å²) in [5, 5.41) is 11.6. The second-order valence-electron chi connectivity index (χ2n) is 5.02. The van der Waals surface area contributed by atoms with Crippen LogP contribution in [-0.2, 0) is 16.0 Å². The fourth-order valence-electron chi connectivity index (χ4n) is 2.16. The van der Waals surface area contributed by atoms with Crippen molar-refractivity contribution in [3.05, 3.63) is 29.3 Å². The van der Waals surface area contributed by atoms with E-state index >= 15 is 0 Å². The van der Waals surface area contributed by atoms with Crippen molar-refractivity contribution in [2.24, 2.45) is 0 Å². The Labute approximate surface area is 116 Å². The maximum Gasteiger partial charge on any atom is 0.323 e. The van der Waals surface area contributed by atoms with E-state index in [1.165, 1.54) is 4.90 Å². The first-order valence-corrected chi connectivity index (χ1v) is 6.34. The van der Waals surface area contributed by atoms with Gasteiger partial charge in [0, 0.05) is 17.3 Å². The number of hydrogen-bond donors (Lipinski definition) is 2. The molecule has 2 amide bonds. The van der Waals surface area contributed by atoms with Gasteiger partial charge in [0.1, 0.15) is 6.54 Å². The summed E-state index contributed by atoms with van der Waals surface area (Å²) in [5.74, 6) is -1.49. The molecule has 0 aliphatic carbocycles. The van der Waals surface area contributed by atoms with Crippen molar-refractivity contribution in [3.63, 3.8) is 0 Å². The number of fused-ring (bicyclic) bond motifs is 1. The molecule has 0 radical (unpaired) electrons. The third-order valence-corrected chi connectivity index (χ3v) is 3.17. The number of carbonyl (C=O) groups excluding carboxylic acids is 2. The van der Waals surface area contributed by atoms with Crippen molar-refractivity contribution in [2.75, 3.05) is 11.9 Å². The molecule has 0 saturated heterocycles. The number of carbonyl (C=O) groups is 3. The summed E-state index contributed by atoms with van der Waals surface area (Å²) < 4.78 is 0. The predicted octanol–water partition coefficient (Wildman–Crippen LogP) is 1.12. The lowest BCUT2D eigenvalue weighted by atomic mass is 10.1. The van der Waals surface area contributed by atoms with Crippen molar-refractivity contribution in [1.82, 2.24) is 4.90 Å². The number of benzene rings is 1. The fraction of sp³-hybridized carbons (Fsp3) is 0.357. The monoisotopic (exact) mass is 276 g/mol. The van der Waals surface area contributed by atoms with E-state index in [1.807, 2.05) is 0 Å². The average molecular weight is 276 g/mol. The first-order chi connectivity index (χ1) is 9.38. The van der Waals surface area contributed by atoms with Crippen molar-refractivity contribution in [2.45, 2.75) is 26.3 Å². The first-order valence-electron chi connectivity index (χ1n) is 6.34. The Morgan fingerprint density at radius 1 is 1.40 bits per heavy atom. The Morgan fingerprint density at radius 2 is 2.10 bits per heavy atom. The van der Waals surface area contributed by atoms with Crippen LogP contribution in [0, 0.1) is 0 Å². The minimum Gasteiger partial charge on any atom is -0.480 e. The number of nitrogens with zero attached hydrogens (tertiary/aromatic N) is 1. The Kier molecular flexibility index (Phi) is 3.74. The number of carboxylic acid groups (broad SMARTS) is 1. The molecule has 1 aromatic rings. The summed E-state index contributed by atoms with van der Waals surface area (Å²) in [6, 6.07) is 4.70. The lowest BCUT2D eigenvalue weighted by molar-refractivity contribution is -0.138. The number of hydrogen-bond acceptors (Lipinski definition) is 3. The van der Waals surface area contributed by atoms with Crippen LogP contribution >= 0.6 is 0 Å². The molecule has 6 heteroatoms. The van der Waals surface area contributed by atoms with Gasteiger partial charge in [0.25, 0.3) is 5.91 Å².